The molecule has 9 nitrogen and oxygen atoms in total. The Labute approximate surface area is 331 Å². The number of pyridine rings is 1. The lowest BCUT2D eigenvalue weighted by molar-refractivity contribution is -0.255. The fourth-order valence-electron chi connectivity index (χ4n) is 13.5. The summed E-state index contributed by atoms with van der Waals surface area (Å²) in [5.41, 5.74) is 0.719. The first kappa shape index (κ1) is 40.6. The van der Waals surface area contributed by atoms with Gasteiger partial charge in [0.15, 0.2) is 5.82 Å². The Hall–Kier alpha value is -2.62. The molecule has 0 radical (unpaired) electrons. The molecular formula is C46H71N5O4. The number of fused-ring (bicyclic) bond motifs is 3. The van der Waals surface area contributed by atoms with Gasteiger partial charge >= 0.3 is 5.97 Å². The van der Waals surface area contributed by atoms with Gasteiger partial charge < -0.3 is 19.9 Å². The Morgan fingerprint density at radius 1 is 1.05 bits per heavy atom. The lowest BCUT2D eigenvalue weighted by Crippen LogP contribution is -2.70. The molecule has 7 rings (SSSR count). The fourth-order valence-corrected chi connectivity index (χ4v) is 13.5. The zero-order chi connectivity index (χ0) is 40.0. The van der Waals surface area contributed by atoms with E-state index in [1.807, 2.05) is 24.5 Å². The number of ether oxygens (including phenoxy) is 2. The van der Waals surface area contributed by atoms with Crippen molar-refractivity contribution < 1.29 is 19.4 Å². The minimum atomic E-state index is -0.626. The molecule has 2 bridgehead atoms. The Balaban J connectivity index is 1.41. The number of carbonyl (C=O) groups is 1. The maximum Gasteiger partial charge on any atom is 0.307 e. The first-order chi connectivity index (χ1) is 25.7. The van der Waals surface area contributed by atoms with E-state index in [4.69, 9.17) is 19.6 Å². The van der Waals surface area contributed by atoms with Crippen molar-refractivity contribution in [3.05, 3.63) is 42.5 Å². The number of nitrogens with one attached hydrogen (secondary N) is 1. The number of nitrogens with zero attached hydrogens (tertiary/aromatic N) is 4. The predicted molar refractivity (Wildman–Crippen MR) is 217 cm³/mol. The molecule has 0 amide bonds. The third-order valence-corrected chi connectivity index (χ3v) is 17.6. The SMILES string of the molecule is CCN[C@@](C)(CO[C@H]1[C@H](n2ncnc2-c2ccncc2)C[C@]2(C)COC[C@@]13C1=CC[C@@]4(C)[C@H](C(=O)O)[C@@](C)([C@H](C)C(C)C)CC[C@]4(C)[C@H]1CC[C@H]23)C(C)(C)C. The maximum atomic E-state index is 13.7. The highest BCUT2D eigenvalue weighted by Crippen LogP contribution is 2.75. The summed E-state index contributed by atoms with van der Waals surface area (Å²) in [7, 11) is 0. The third kappa shape index (κ3) is 5.85. The molecule has 0 spiro atoms. The summed E-state index contributed by atoms with van der Waals surface area (Å²) in [4.78, 5) is 22.9. The number of carboxylic acid groups (broad SMARTS) is 1. The van der Waals surface area contributed by atoms with Crippen molar-refractivity contribution in [1.29, 1.82) is 0 Å². The van der Waals surface area contributed by atoms with Crippen molar-refractivity contribution in [1.82, 2.24) is 25.1 Å². The van der Waals surface area contributed by atoms with Gasteiger partial charge in [0.05, 0.1) is 37.9 Å². The van der Waals surface area contributed by atoms with Crippen LogP contribution in [0.1, 0.15) is 128 Å². The molecule has 55 heavy (non-hydrogen) atoms. The number of allylic oxidation sites excluding steroid dienone is 1. The average Bonchev–Trinajstić information content (AvgIpc) is 3.61. The van der Waals surface area contributed by atoms with Crippen molar-refractivity contribution in [3.8, 4) is 11.4 Å². The van der Waals surface area contributed by atoms with Crippen LogP contribution < -0.4 is 5.32 Å². The average molecular weight is 758 g/mol. The first-order valence-electron chi connectivity index (χ1n) is 21.4. The molecule has 3 saturated carbocycles. The Morgan fingerprint density at radius 2 is 1.76 bits per heavy atom. The van der Waals surface area contributed by atoms with Crippen LogP contribution in [0.4, 0.5) is 0 Å². The third-order valence-electron chi connectivity index (χ3n) is 17.6. The van der Waals surface area contributed by atoms with Crippen molar-refractivity contribution in [2.75, 3.05) is 26.4 Å². The van der Waals surface area contributed by atoms with Crippen molar-refractivity contribution in [2.45, 2.75) is 139 Å². The van der Waals surface area contributed by atoms with Gasteiger partial charge in [-0.1, -0.05) is 87.8 Å². The number of hydrogen-bond acceptors (Lipinski definition) is 7. The van der Waals surface area contributed by atoms with Crippen LogP contribution in [0.5, 0.6) is 0 Å². The molecule has 5 aliphatic rings. The second-order valence-corrected chi connectivity index (χ2v) is 21.3. The minimum Gasteiger partial charge on any atom is -0.481 e. The van der Waals surface area contributed by atoms with E-state index in [1.165, 1.54) is 5.57 Å². The molecule has 2 aromatic heterocycles. The molecule has 0 aromatic carbocycles. The van der Waals surface area contributed by atoms with Gasteiger partial charge in [-0.3, -0.25) is 9.78 Å². The normalized spacial score (nSPS) is 40.3. The van der Waals surface area contributed by atoms with Crippen LogP contribution in [0.3, 0.4) is 0 Å². The molecule has 0 unspecified atom stereocenters. The number of aromatic nitrogens is 4. The maximum absolute atomic E-state index is 13.7. The highest BCUT2D eigenvalue weighted by atomic mass is 16.5. The van der Waals surface area contributed by atoms with E-state index < -0.39 is 22.7 Å². The molecular weight excluding hydrogens is 687 g/mol. The Bertz CT molecular complexity index is 1770. The van der Waals surface area contributed by atoms with Crippen molar-refractivity contribution in [2.24, 2.45) is 62.1 Å². The summed E-state index contributed by atoms with van der Waals surface area (Å²) in [5, 5.41) is 20.1. The number of likely N-dealkylation sites (N-methyl/N-ethyl adjacent to an activating group) is 1. The zero-order valence-electron chi connectivity index (χ0n) is 36.0. The number of rotatable bonds is 10. The zero-order valence-corrected chi connectivity index (χ0v) is 36.0. The van der Waals surface area contributed by atoms with Gasteiger partial charge in [0, 0.05) is 28.9 Å². The van der Waals surface area contributed by atoms with Gasteiger partial charge in [0.1, 0.15) is 6.33 Å². The highest BCUT2D eigenvalue weighted by Gasteiger charge is 2.73. The van der Waals surface area contributed by atoms with E-state index >= 15 is 0 Å². The topological polar surface area (TPSA) is 111 Å². The minimum absolute atomic E-state index is 0.0700. The van der Waals surface area contributed by atoms with E-state index in [2.05, 4.69) is 104 Å². The van der Waals surface area contributed by atoms with E-state index in [9.17, 15) is 9.90 Å². The lowest BCUT2D eigenvalue weighted by atomic mass is 9.34. The molecule has 304 valence electrons. The predicted octanol–water partition coefficient (Wildman–Crippen LogP) is 9.27. The summed E-state index contributed by atoms with van der Waals surface area (Å²) >= 11 is 0. The Kier molecular flexibility index (Phi) is 10.1. The molecule has 4 fully saturated rings. The molecule has 1 saturated heterocycles. The molecule has 3 heterocycles. The monoisotopic (exact) mass is 758 g/mol. The standard InChI is InChI=1S/C46H71N5O4/c1-13-49-45(12,40(5,6)7)26-55-37-34(51-38(48-28-50-51)31-17-22-47-23-18-31)24-41(8)25-54-27-46(37)33-16-19-44(11)36(39(52)53)42(9,30(4)29(2)3)20-21-43(44,10)32(33)14-15-35(41)46/h16-18,22-23,28-30,32,34-37,49H,13-15,19-21,24-27H2,1-12H3,(H,52,53)/t30-,32+,34-,35-,36-,37+,41-,42-,43-,44+,45+,46+/m1/s1. The quantitative estimate of drug-likeness (QED) is 0.231. The summed E-state index contributed by atoms with van der Waals surface area (Å²) in [5.74, 6) is 1.08. The molecule has 2 aromatic rings. The summed E-state index contributed by atoms with van der Waals surface area (Å²) in [6, 6.07) is 3.95. The van der Waals surface area contributed by atoms with Gasteiger partial charge in [-0.25, -0.2) is 9.67 Å². The van der Waals surface area contributed by atoms with Crippen LogP contribution in [-0.4, -0.2) is 68.8 Å². The van der Waals surface area contributed by atoms with Crippen LogP contribution in [0.15, 0.2) is 42.5 Å². The fraction of sp³-hybridized carbons (Fsp3) is 0.783. The second-order valence-electron chi connectivity index (χ2n) is 21.3. The molecule has 4 aliphatic carbocycles. The second kappa shape index (κ2) is 13.8. The first-order valence-corrected chi connectivity index (χ1v) is 21.4. The van der Waals surface area contributed by atoms with Gasteiger partial charge in [-0.15, -0.1) is 0 Å². The number of carboxylic acids is 1. The summed E-state index contributed by atoms with van der Waals surface area (Å²) < 4.78 is 16.7. The van der Waals surface area contributed by atoms with Crippen LogP contribution in [0, 0.1) is 62.1 Å². The van der Waals surface area contributed by atoms with Gasteiger partial charge in [0.2, 0.25) is 0 Å². The van der Waals surface area contributed by atoms with Crippen LogP contribution in [0.25, 0.3) is 11.4 Å². The molecule has 12 atom stereocenters. The number of hydrogen-bond donors (Lipinski definition) is 2. The summed E-state index contributed by atoms with van der Waals surface area (Å²) in [6.45, 7) is 30.5. The largest absolute Gasteiger partial charge is 0.481 e. The molecule has 2 N–H and O–H groups in total. The van der Waals surface area contributed by atoms with E-state index in [1.54, 1.807) is 6.33 Å². The van der Waals surface area contributed by atoms with Gasteiger partial charge in [-0.2, -0.15) is 5.10 Å². The highest BCUT2D eigenvalue weighted by molar-refractivity contribution is 5.73. The van der Waals surface area contributed by atoms with E-state index in [-0.39, 0.29) is 45.3 Å². The Morgan fingerprint density at radius 3 is 2.40 bits per heavy atom. The summed E-state index contributed by atoms with van der Waals surface area (Å²) in [6.07, 6.45) is 13.4. The number of aliphatic carboxylic acids is 1. The molecule has 1 aliphatic heterocycles. The van der Waals surface area contributed by atoms with Crippen molar-refractivity contribution in [3.63, 3.8) is 0 Å². The smallest absolute Gasteiger partial charge is 0.307 e. The van der Waals surface area contributed by atoms with Crippen molar-refractivity contribution >= 4 is 5.97 Å². The van der Waals surface area contributed by atoms with Crippen LogP contribution >= 0.6 is 0 Å². The van der Waals surface area contributed by atoms with Crippen LogP contribution in [0.2, 0.25) is 0 Å². The van der Waals surface area contributed by atoms with Gasteiger partial charge in [0.25, 0.3) is 0 Å². The van der Waals surface area contributed by atoms with Crippen LogP contribution in [-0.2, 0) is 14.3 Å². The molecule has 9 heteroatoms. The lowest BCUT2D eigenvalue weighted by Gasteiger charge is -2.71. The van der Waals surface area contributed by atoms with Gasteiger partial charge in [-0.05, 0) is 115 Å². The van der Waals surface area contributed by atoms with E-state index in [0.29, 0.717) is 37.6 Å². The van der Waals surface area contributed by atoms with E-state index in [0.717, 1.165) is 56.5 Å².